The predicted molar refractivity (Wildman–Crippen MR) is 69.6 cm³/mol. The fourth-order valence-electron chi connectivity index (χ4n) is 2.17. The Morgan fingerprint density at radius 1 is 1.39 bits per heavy atom. The van der Waals surface area contributed by atoms with E-state index >= 15 is 0 Å². The highest BCUT2D eigenvalue weighted by atomic mass is 16.5. The third-order valence-corrected chi connectivity index (χ3v) is 3.16. The highest BCUT2D eigenvalue weighted by Crippen LogP contribution is 2.17. The van der Waals surface area contributed by atoms with E-state index < -0.39 is 0 Å². The van der Waals surface area contributed by atoms with Gasteiger partial charge in [-0.3, -0.25) is 4.90 Å². The number of nitrogens with zero attached hydrogens (tertiary/aromatic N) is 3. The van der Waals surface area contributed by atoms with E-state index in [1.165, 1.54) is 0 Å². The van der Waals surface area contributed by atoms with Gasteiger partial charge in [-0.1, -0.05) is 13.8 Å². The van der Waals surface area contributed by atoms with Gasteiger partial charge in [-0.05, 0) is 18.8 Å². The van der Waals surface area contributed by atoms with Gasteiger partial charge in [0, 0.05) is 32.7 Å². The van der Waals surface area contributed by atoms with E-state index in [0.29, 0.717) is 24.9 Å². The quantitative estimate of drug-likeness (QED) is 0.694. The number of rotatable bonds is 7. The van der Waals surface area contributed by atoms with Crippen LogP contribution in [-0.2, 0) is 4.74 Å². The molecule has 100 valence electrons. The van der Waals surface area contributed by atoms with Gasteiger partial charge < -0.3 is 4.74 Å². The molecule has 1 rings (SSSR count). The highest BCUT2D eigenvalue weighted by molar-refractivity contribution is 4.89. The molecule has 18 heavy (non-hydrogen) atoms. The van der Waals surface area contributed by atoms with Crippen LogP contribution < -0.4 is 0 Å². The molecule has 0 amide bonds. The van der Waals surface area contributed by atoms with Crippen molar-refractivity contribution in [2.24, 2.45) is 11.8 Å². The zero-order valence-electron chi connectivity index (χ0n) is 11.4. The molecule has 0 N–H and O–H groups in total. The lowest BCUT2D eigenvalue weighted by Gasteiger charge is -2.19. The standard InChI is InChI=1S/C14H23N3O/c1-12(2)11-18-14-5-7-17(10-14)9-13(8-16)4-3-6-15/h12-14H,3-5,7,9-11H2,1-2H3. The first-order valence-electron chi connectivity index (χ1n) is 6.76. The van der Waals surface area contributed by atoms with Crippen LogP contribution in [0.15, 0.2) is 0 Å². The minimum atomic E-state index is -0.0199. The van der Waals surface area contributed by atoms with Crippen molar-refractivity contribution in [3.8, 4) is 12.1 Å². The molecule has 0 aromatic carbocycles. The third-order valence-electron chi connectivity index (χ3n) is 3.16. The lowest BCUT2D eigenvalue weighted by atomic mass is 10.1. The van der Waals surface area contributed by atoms with E-state index in [1.54, 1.807) is 0 Å². The molecular formula is C14H23N3O. The molecule has 1 saturated heterocycles. The lowest BCUT2D eigenvalue weighted by molar-refractivity contribution is 0.0411. The molecule has 0 aliphatic carbocycles. The molecular weight excluding hydrogens is 226 g/mol. The predicted octanol–water partition coefficient (Wildman–Crippen LogP) is 2.18. The average Bonchev–Trinajstić information content (AvgIpc) is 2.79. The molecule has 2 atom stereocenters. The van der Waals surface area contributed by atoms with Gasteiger partial charge in [0.05, 0.1) is 24.2 Å². The molecule has 1 aliphatic rings. The summed E-state index contributed by atoms with van der Waals surface area (Å²) in [5, 5.41) is 17.6. The topological polar surface area (TPSA) is 60.0 Å². The number of hydrogen-bond acceptors (Lipinski definition) is 4. The van der Waals surface area contributed by atoms with Crippen LogP contribution in [0, 0.1) is 34.5 Å². The zero-order chi connectivity index (χ0) is 13.4. The van der Waals surface area contributed by atoms with Gasteiger partial charge in [-0.15, -0.1) is 0 Å². The summed E-state index contributed by atoms with van der Waals surface area (Å²) in [5.41, 5.74) is 0. The number of hydrogen-bond donors (Lipinski definition) is 0. The highest BCUT2D eigenvalue weighted by Gasteiger charge is 2.25. The van der Waals surface area contributed by atoms with Crippen LogP contribution in [0.3, 0.4) is 0 Å². The molecule has 1 aliphatic heterocycles. The van der Waals surface area contributed by atoms with Crippen molar-refractivity contribution in [1.29, 1.82) is 10.5 Å². The van der Waals surface area contributed by atoms with Crippen molar-refractivity contribution in [3.05, 3.63) is 0 Å². The second kappa shape index (κ2) is 8.08. The Bertz CT molecular complexity index is 316. The minimum Gasteiger partial charge on any atom is -0.377 e. The van der Waals surface area contributed by atoms with Gasteiger partial charge in [0.25, 0.3) is 0 Å². The summed E-state index contributed by atoms with van der Waals surface area (Å²) in [4.78, 5) is 2.29. The summed E-state index contributed by atoms with van der Waals surface area (Å²) < 4.78 is 5.81. The Labute approximate surface area is 110 Å². The summed E-state index contributed by atoms with van der Waals surface area (Å²) in [6, 6.07) is 4.40. The van der Waals surface area contributed by atoms with E-state index in [0.717, 1.165) is 32.7 Å². The molecule has 2 unspecified atom stereocenters. The van der Waals surface area contributed by atoms with Crippen LogP contribution in [0.25, 0.3) is 0 Å². The summed E-state index contributed by atoms with van der Waals surface area (Å²) in [6.45, 7) is 7.83. The molecule has 4 heteroatoms. The smallest absolute Gasteiger partial charge is 0.0714 e. The molecule has 0 radical (unpaired) electrons. The molecule has 0 bridgehead atoms. The van der Waals surface area contributed by atoms with Crippen molar-refractivity contribution in [3.63, 3.8) is 0 Å². The zero-order valence-corrected chi connectivity index (χ0v) is 11.4. The van der Waals surface area contributed by atoms with Gasteiger partial charge >= 0.3 is 0 Å². The van der Waals surface area contributed by atoms with Crippen LogP contribution in [0.4, 0.5) is 0 Å². The SMILES string of the molecule is CC(C)COC1CCN(CC(C#N)CCC#N)C1. The summed E-state index contributed by atoms with van der Waals surface area (Å²) in [6.07, 6.45) is 2.53. The maximum atomic E-state index is 9.04. The molecule has 0 spiro atoms. The van der Waals surface area contributed by atoms with Gasteiger partial charge in [-0.25, -0.2) is 0 Å². The Morgan fingerprint density at radius 3 is 2.78 bits per heavy atom. The van der Waals surface area contributed by atoms with Crippen LogP contribution in [0.5, 0.6) is 0 Å². The molecule has 1 heterocycles. The van der Waals surface area contributed by atoms with Gasteiger partial charge in [0.2, 0.25) is 0 Å². The van der Waals surface area contributed by atoms with E-state index in [1.807, 2.05) is 0 Å². The number of nitriles is 2. The second-order valence-electron chi connectivity index (χ2n) is 5.42. The molecule has 0 saturated carbocycles. The summed E-state index contributed by atoms with van der Waals surface area (Å²) in [7, 11) is 0. The average molecular weight is 249 g/mol. The Hall–Kier alpha value is -1.10. The molecule has 4 nitrogen and oxygen atoms in total. The first-order chi connectivity index (χ1) is 8.65. The molecule has 1 fully saturated rings. The second-order valence-corrected chi connectivity index (χ2v) is 5.42. The largest absolute Gasteiger partial charge is 0.377 e. The Balaban J connectivity index is 2.25. The van der Waals surface area contributed by atoms with Crippen LogP contribution in [0.2, 0.25) is 0 Å². The number of likely N-dealkylation sites (tertiary alicyclic amines) is 1. The Morgan fingerprint density at radius 2 is 2.17 bits per heavy atom. The van der Waals surface area contributed by atoms with Crippen molar-refractivity contribution in [2.75, 3.05) is 26.2 Å². The first-order valence-corrected chi connectivity index (χ1v) is 6.76. The maximum Gasteiger partial charge on any atom is 0.0714 e. The van der Waals surface area contributed by atoms with E-state index in [4.69, 9.17) is 15.3 Å². The summed E-state index contributed by atoms with van der Waals surface area (Å²) in [5.74, 6) is 0.551. The molecule has 0 aromatic heterocycles. The monoisotopic (exact) mass is 249 g/mol. The fraction of sp³-hybridized carbons (Fsp3) is 0.857. The van der Waals surface area contributed by atoms with E-state index in [2.05, 4.69) is 30.9 Å². The third kappa shape index (κ3) is 5.49. The Kier molecular flexibility index (Phi) is 6.72. The van der Waals surface area contributed by atoms with E-state index in [9.17, 15) is 0 Å². The lowest BCUT2D eigenvalue weighted by Crippen LogP contribution is -2.29. The molecule has 0 aromatic rings. The normalized spacial score (nSPS) is 21.7. The van der Waals surface area contributed by atoms with Crippen molar-refractivity contribution in [1.82, 2.24) is 4.90 Å². The minimum absolute atomic E-state index is 0.0199. The van der Waals surface area contributed by atoms with E-state index in [-0.39, 0.29) is 5.92 Å². The number of ether oxygens (including phenoxy) is 1. The van der Waals surface area contributed by atoms with Crippen LogP contribution >= 0.6 is 0 Å². The fourth-order valence-corrected chi connectivity index (χ4v) is 2.17. The van der Waals surface area contributed by atoms with Gasteiger partial charge in [0.1, 0.15) is 0 Å². The maximum absolute atomic E-state index is 9.04. The van der Waals surface area contributed by atoms with Crippen LogP contribution in [0.1, 0.15) is 33.1 Å². The summed E-state index contributed by atoms with van der Waals surface area (Å²) >= 11 is 0. The van der Waals surface area contributed by atoms with Gasteiger partial charge in [0.15, 0.2) is 0 Å². The van der Waals surface area contributed by atoms with Gasteiger partial charge in [-0.2, -0.15) is 10.5 Å². The first kappa shape index (κ1) is 15.0. The van der Waals surface area contributed by atoms with Crippen molar-refractivity contribution in [2.45, 2.75) is 39.2 Å². The van der Waals surface area contributed by atoms with Crippen molar-refractivity contribution >= 4 is 0 Å². The van der Waals surface area contributed by atoms with Crippen molar-refractivity contribution < 1.29 is 4.74 Å². The van der Waals surface area contributed by atoms with Crippen LogP contribution in [-0.4, -0.2) is 37.2 Å².